The Balaban J connectivity index is 1.66. The van der Waals surface area contributed by atoms with Crippen LogP contribution in [0.3, 0.4) is 0 Å². The molecule has 2 aromatic heterocycles. The summed E-state index contributed by atoms with van der Waals surface area (Å²) in [7, 11) is 0. The number of benzene rings is 1. The molecule has 0 saturated heterocycles. The van der Waals surface area contributed by atoms with Gasteiger partial charge in [0.15, 0.2) is 5.82 Å². The van der Waals surface area contributed by atoms with Crippen molar-refractivity contribution in [2.24, 2.45) is 0 Å². The molecule has 0 saturated carbocycles. The number of rotatable bonds is 5. The molecule has 0 fully saturated rings. The van der Waals surface area contributed by atoms with Crippen LogP contribution in [0, 0.1) is 0 Å². The van der Waals surface area contributed by atoms with E-state index in [1.807, 2.05) is 6.07 Å². The fourth-order valence-electron chi connectivity index (χ4n) is 1.99. The quantitative estimate of drug-likeness (QED) is 0.509. The number of carbonyl (C=O) groups is 1. The van der Waals surface area contributed by atoms with Crippen LogP contribution in [0.25, 0.3) is 11.4 Å². The summed E-state index contributed by atoms with van der Waals surface area (Å²) in [6.45, 7) is 0. The molecule has 0 aliphatic carbocycles. The highest BCUT2D eigenvalue weighted by molar-refractivity contribution is 7.99. The van der Waals surface area contributed by atoms with Crippen molar-refractivity contribution in [2.75, 3.05) is 16.9 Å². The van der Waals surface area contributed by atoms with E-state index in [9.17, 15) is 4.79 Å². The van der Waals surface area contributed by atoms with Crippen molar-refractivity contribution in [1.82, 2.24) is 19.9 Å². The van der Waals surface area contributed by atoms with Gasteiger partial charge in [0.05, 0.1) is 21.5 Å². The van der Waals surface area contributed by atoms with E-state index in [0.717, 1.165) is 17.3 Å². The lowest BCUT2D eigenvalue weighted by Crippen LogP contribution is -2.17. The van der Waals surface area contributed by atoms with Crippen molar-refractivity contribution in [2.45, 2.75) is 5.16 Å². The Morgan fingerprint density at radius 1 is 1.20 bits per heavy atom. The number of nitrogens with one attached hydrogen (secondary N) is 1. The number of nitrogens with two attached hydrogens (primary N) is 1. The summed E-state index contributed by atoms with van der Waals surface area (Å²) in [4.78, 5) is 16.1. The molecule has 128 valence electrons. The Hall–Kier alpha value is -2.29. The second-order valence-corrected chi connectivity index (χ2v) is 6.61. The fraction of sp³-hybridized carbons (Fsp3) is 0.0667. The summed E-state index contributed by atoms with van der Waals surface area (Å²) in [5.74, 6) is 6.24. The van der Waals surface area contributed by atoms with E-state index in [-0.39, 0.29) is 11.7 Å². The molecule has 7 nitrogen and oxygen atoms in total. The van der Waals surface area contributed by atoms with Crippen molar-refractivity contribution < 1.29 is 4.79 Å². The molecule has 2 heterocycles. The first kappa shape index (κ1) is 17.5. The lowest BCUT2D eigenvalue weighted by atomic mass is 10.3. The predicted molar refractivity (Wildman–Crippen MR) is 99.2 cm³/mol. The number of thioether (sulfide) groups is 1. The molecule has 25 heavy (non-hydrogen) atoms. The van der Waals surface area contributed by atoms with Gasteiger partial charge in [0.1, 0.15) is 0 Å². The molecule has 0 spiro atoms. The number of hydrogen-bond donors (Lipinski definition) is 2. The number of nitrogens with zero attached hydrogens (tertiary/aromatic N) is 4. The third kappa shape index (κ3) is 4.04. The molecule has 3 aromatic rings. The first-order chi connectivity index (χ1) is 12.1. The largest absolute Gasteiger partial charge is 0.335 e. The smallest absolute Gasteiger partial charge is 0.234 e. The number of halogens is 2. The molecule has 3 rings (SSSR count). The second-order valence-electron chi connectivity index (χ2n) is 4.85. The summed E-state index contributed by atoms with van der Waals surface area (Å²) in [5.41, 5.74) is 1.11. The van der Waals surface area contributed by atoms with Gasteiger partial charge in [-0.25, -0.2) is 4.68 Å². The van der Waals surface area contributed by atoms with Gasteiger partial charge in [-0.3, -0.25) is 9.78 Å². The van der Waals surface area contributed by atoms with Gasteiger partial charge in [-0.2, -0.15) is 0 Å². The minimum atomic E-state index is -0.286. The second kappa shape index (κ2) is 7.73. The third-order valence-corrected chi connectivity index (χ3v) is 4.72. The molecule has 0 unspecified atom stereocenters. The van der Waals surface area contributed by atoms with Crippen LogP contribution in [0.4, 0.5) is 5.69 Å². The van der Waals surface area contributed by atoms with Gasteiger partial charge in [-0.05, 0) is 24.3 Å². The van der Waals surface area contributed by atoms with Crippen molar-refractivity contribution >= 4 is 46.6 Å². The molecule has 0 aliphatic rings. The third-order valence-electron chi connectivity index (χ3n) is 3.14. The Bertz CT molecular complexity index is 882. The van der Waals surface area contributed by atoms with E-state index >= 15 is 0 Å². The fourth-order valence-corrected chi connectivity index (χ4v) is 3.14. The lowest BCUT2D eigenvalue weighted by molar-refractivity contribution is -0.113. The summed E-state index contributed by atoms with van der Waals surface area (Å²) in [6.07, 6.45) is 3.29. The maximum atomic E-state index is 12.1. The van der Waals surface area contributed by atoms with Crippen LogP contribution in [-0.2, 0) is 4.79 Å². The van der Waals surface area contributed by atoms with Crippen LogP contribution in [0.5, 0.6) is 0 Å². The molecule has 0 aliphatic heterocycles. The number of para-hydroxylation sites is 1. The van der Waals surface area contributed by atoms with E-state index in [1.54, 1.807) is 36.7 Å². The Labute approximate surface area is 157 Å². The molecule has 0 radical (unpaired) electrons. The molecular weight excluding hydrogens is 383 g/mol. The molecule has 1 aromatic carbocycles. The SMILES string of the molecule is Nn1c(SCC(=O)Nc2c(Cl)cccc2Cl)nnc1-c1cccnc1. The maximum absolute atomic E-state index is 12.1. The van der Waals surface area contributed by atoms with Gasteiger partial charge >= 0.3 is 0 Å². The van der Waals surface area contributed by atoms with E-state index in [4.69, 9.17) is 29.0 Å². The topological polar surface area (TPSA) is 98.7 Å². The van der Waals surface area contributed by atoms with Gasteiger partial charge in [0, 0.05) is 18.0 Å². The molecular formula is C15H12Cl2N6OS. The highest BCUT2D eigenvalue weighted by Crippen LogP contribution is 2.30. The van der Waals surface area contributed by atoms with Gasteiger partial charge in [-0.15, -0.1) is 10.2 Å². The van der Waals surface area contributed by atoms with Gasteiger partial charge < -0.3 is 11.2 Å². The molecule has 0 atom stereocenters. The van der Waals surface area contributed by atoms with Crippen molar-refractivity contribution in [3.05, 3.63) is 52.8 Å². The number of carbonyl (C=O) groups excluding carboxylic acids is 1. The maximum Gasteiger partial charge on any atom is 0.234 e. The van der Waals surface area contributed by atoms with Crippen molar-refractivity contribution in [3.63, 3.8) is 0 Å². The van der Waals surface area contributed by atoms with Crippen LogP contribution in [0.15, 0.2) is 47.9 Å². The van der Waals surface area contributed by atoms with Crippen LogP contribution in [0.1, 0.15) is 0 Å². The zero-order valence-corrected chi connectivity index (χ0v) is 15.0. The van der Waals surface area contributed by atoms with E-state index in [2.05, 4.69) is 20.5 Å². The van der Waals surface area contributed by atoms with Gasteiger partial charge in [0.2, 0.25) is 11.1 Å². The van der Waals surface area contributed by atoms with Crippen LogP contribution >= 0.6 is 35.0 Å². The van der Waals surface area contributed by atoms with E-state index in [1.165, 1.54) is 4.68 Å². The molecule has 10 heteroatoms. The number of pyridine rings is 1. The predicted octanol–water partition coefficient (Wildman–Crippen LogP) is 3.09. The lowest BCUT2D eigenvalue weighted by Gasteiger charge is -2.08. The highest BCUT2D eigenvalue weighted by Gasteiger charge is 2.15. The number of aromatic nitrogens is 4. The minimum Gasteiger partial charge on any atom is -0.335 e. The van der Waals surface area contributed by atoms with Crippen LogP contribution < -0.4 is 11.2 Å². The number of hydrogen-bond acceptors (Lipinski definition) is 6. The summed E-state index contributed by atoms with van der Waals surface area (Å²) in [6, 6.07) is 8.59. The highest BCUT2D eigenvalue weighted by atomic mass is 35.5. The average Bonchev–Trinajstić information content (AvgIpc) is 2.98. The molecule has 1 amide bonds. The van der Waals surface area contributed by atoms with Crippen molar-refractivity contribution in [3.8, 4) is 11.4 Å². The monoisotopic (exact) mass is 394 g/mol. The zero-order valence-electron chi connectivity index (χ0n) is 12.7. The van der Waals surface area contributed by atoms with Crippen LogP contribution in [-0.4, -0.2) is 31.5 Å². The zero-order chi connectivity index (χ0) is 17.8. The number of anilines is 1. The number of nitrogen functional groups attached to an aromatic ring is 1. The molecule has 3 N–H and O–H groups in total. The van der Waals surface area contributed by atoms with Crippen LogP contribution in [0.2, 0.25) is 10.0 Å². The molecule has 0 bridgehead atoms. The first-order valence-corrected chi connectivity index (χ1v) is 8.78. The Morgan fingerprint density at radius 2 is 1.96 bits per heavy atom. The van der Waals surface area contributed by atoms with Gasteiger partial charge in [-0.1, -0.05) is 41.0 Å². The van der Waals surface area contributed by atoms with Crippen molar-refractivity contribution in [1.29, 1.82) is 0 Å². The first-order valence-electron chi connectivity index (χ1n) is 7.04. The standard InChI is InChI=1S/C15H12Cl2N6OS/c16-10-4-1-5-11(17)13(10)20-12(24)8-25-15-22-21-14(23(15)18)9-3-2-6-19-7-9/h1-7H,8,18H2,(H,20,24). The van der Waals surface area contributed by atoms with E-state index in [0.29, 0.717) is 26.7 Å². The normalized spacial score (nSPS) is 10.6. The summed E-state index contributed by atoms with van der Waals surface area (Å²) < 4.78 is 1.32. The summed E-state index contributed by atoms with van der Waals surface area (Å²) >= 11 is 13.2. The minimum absolute atomic E-state index is 0.0733. The average molecular weight is 395 g/mol. The van der Waals surface area contributed by atoms with E-state index < -0.39 is 0 Å². The van der Waals surface area contributed by atoms with Gasteiger partial charge in [0.25, 0.3) is 0 Å². The Kier molecular flexibility index (Phi) is 5.42. The Morgan fingerprint density at radius 3 is 2.64 bits per heavy atom. The summed E-state index contributed by atoms with van der Waals surface area (Å²) in [5, 5.41) is 11.8. The number of amides is 1.